The molecule has 100 valence electrons. The molecule has 6 nitrogen and oxygen atoms in total. The van der Waals surface area contributed by atoms with Crippen molar-refractivity contribution in [3.05, 3.63) is 28.7 Å². The topological polar surface area (TPSA) is 89.8 Å². The summed E-state index contributed by atoms with van der Waals surface area (Å²) in [6.07, 6.45) is 0. The second kappa shape index (κ2) is 4.55. The van der Waals surface area contributed by atoms with Gasteiger partial charge in [0.25, 0.3) is 0 Å². The van der Waals surface area contributed by atoms with E-state index in [2.05, 4.69) is 27.5 Å². The lowest BCUT2D eigenvalue weighted by Crippen LogP contribution is -2.27. The summed E-state index contributed by atoms with van der Waals surface area (Å²) in [6, 6.07) is 5.33. The van der Waals surface area contributed by atoms with Crippen LogP contribution < -0.4 is 16.3 Å². The van der Waals surface area contributed by atoms with E-state index in [9.17, 15) is 9.59 Å². The molecule has 0 spiro atoms. The van der Waals surface area contributed by atoms with Gasteiger partial charge >= 0.3 is 5.69 Å². The number of H-pyrrole nitrogens is 2. The fourth-order valence-corrected chi connectivity index (χ4v) is 2.51. The fraction of sp³-hybridized carbons (Fsp3) is 0.385. The Hall–Kier alpha value is -2.08. The molecular weight excluding hydrogens is 244 g/mol. The van der Waals surface area contributed by atoms with Gasteiger partial charge in [-0.15, -0.1) is 0 Å². The summed E-state index contributed by atoms with van der Waals surface area (Å²) in [7, 11) is 0. The first-order valence-electron chi connectivity index (χ1n) is 6.37. The molecule has 3 rings (SSSR count). The number of hydrogen-bond acceptors (Lipinski definition) is 3. The predicted molar refractivity (Wildman–Crippen MR) is 73.1 cm³/mol. The van der Waals surface area contributed by atoms with Crippen molar-refractivity contribution >= 4 is 22.6 Å². The largest absolute Gasteiger partial charge is 0.326 e. The Morgan fingerprint density at radius 1 is 1.26 bits per heavy atom. The lowest BCUT2D eigenvalue weighted by Gasteiger charge is -2.14. The Bertz CT molecular complexity index is 673. The summed E-state index contributed by atoms with van der Waals surface area (Å²) in [4.78, 5) is 28.6. The zero-order chi connectivity index (χ0) is 13.4. The average Bonchev–Trinajstić information content (AvgIpc) is 2.93. The number of anilines is 1. The Balaban J connectivity index is 1.80. The fourth-order valence-electron chi connectivity index (χ4n) is 2.51. The second-order valence-corrected chi connectivity index (χ2v) is 5.07. The van der Waals surface area contributed by atoms with Crippen molar-refractivity contribution in [1.82, 2.24) is 15.3 Å². The van der Waals surface area contributed by atoms with Crippen molar-refractivity contribution in [3.8, 4) is 0 Å². The minimum absolute atomic E-state index is 0.000899. The monoisotopic (exact) mass is 260 g/mol. The molecule has 1 fully saturated rings. The first-order chi connectivity index (χ1) is 9.13. The quantitative estimate of drug-likeness (QED) is 0.639. The van der Waals surface area contributed by atoms with Crippen LogP contribution in [0.15, 0.2) is 23.0 Å². The number of aromatic nitrogens is 2. The second-order valence-electron chi connectivity index (χ2n) is 5.07. The molecule has 19 heavy (non-hydrogen) atoms. The van der Waals surface area contributed by atoms with Crippen molar-refractivity contribution in [1.29, 1.82) is 0 Å². The molecule has 6 heteroatoms. The number of benzene rings is 1. The number of nitrogens with one attached hydrogen (secondary N) is 4. The molecule has 1 aliphatic rings. The average molecular weight is 260 g/mol. The first kappa shape index (κ1) is 12.0. The molecule has 0 saturated carbocycles. The Labute approximate surface area is 109 Å². The van der Waals surface area contributed by atoms with E-state index in [1.54, 1.807) is 18.2 Å². The zero-order valence-corrected chi connectivity index (χ0v) is 10.6. The number of fused-ring (bicyclic) bond motifs is 1. The molecule has 1 aromatic carbocycles. The Morgan fingerprint density at radius 3 is 2.79 bits per heavy atom. The molecule has 4 N–H and O–H groups in total. The van der Waals surface area contributed by atoms with Gasteiger partial charge in [0.15, 0.2) is 0 Å². The lowest BCUT2D eigenvalue weighted by atomic mass is 9.97. The van der Waals surface area contributed by atoms with Crippen LogP contribution in [0.2, 0.25) is 0 Å². The maximum Gasteiger partial charge on any atom is 0.323 e. The Morgan fingerprint density at radius 2 is 2.05 bits per heavy atom. The maximum atomic E-state index is 12.1. The van der Waals surface area contributed by atoms with Gasteiger partial charge < -0.3 is 20.6 Å². The van der Waals surface area contributed by atoms with Crippen molar-refractivity contribution in [2.45, 2.75) is 6.92 Å². The van der Waals surface area contributed by atoms with Crippen molar-refractivity contribution in [2.75, 3.05) is 18.4 Å². The minimum Gasteiger partial charge on any atom is -0.326 e. The number of amides is 1. The lowest BCUT2D eigenvalue weighted by molar-refractivity contribution is -0.120. The van der Waals surface area contributed by atoms with E-state index >= 15 is 0 Å². The minimum atomic E-state index is -0.243. The van der Waals surface area contributed by atoms with E-state index in [1.807, 2.05) is 0 Å². The van der Waals surface area contributed by atoms with Crippen LogP contribution in [0.1, 0.15) is 6.92 Å². The number of aromatic amines is 2. The zero-order valence-electron chi connectivity index (χ0n) is 10.6. The number of carbonyl (C=O) groups is 1. The van der Waals surface area contributed by atoms with Gasteiger partial charge in [0.1, 0.15) is 0 Å². The summed E-state index contributed by atoms with van der Waals surface area (Å²) in [5.74, 6) is 0.367. The van der Waals surface area contributed by atoms with Gasteiger partial charge in [-0.05, 0) is 30.7 Å². The van der Waals surface area contributed by atoms with Gasteiger partial charge in [-0.3, -0.25) is 4.79 Å². The van der Waals surface area contributed by atoms with Crippen LogP contribution in [0, 0.1) is 11.8 Å². The summed E-state index contributed by atoms with van der Waals surface area (Å²) >= 11 is 0. The number of carbonyl (C=O) groups excluding carboxylic acids is 1. The SMILES string of the molecule is CC1CNCC1C(=O)Nc1ccc2[nH]c(=O)[nH]c2c1. The highest BCUT2D eigenvalue weighted by atomic mass is 16.2. The summed E-state index contributed by atoms with van der Waals surface area (Å²) < 4.78 is 0. The smallest absolute Gasteiger partial charge is 0.323 e. The summed E-state index contributed by atoms with van der Waals surface area (Å²) in [5, 5.41) is 6.11. The summed E-state index contributed by atoms with van der Waals surface area (Å²) in [6.45, 7) is 3.66. The van der Waals surface area contributed by atoms with E-state index < -0.39 is 0 Å². The first-order valence-corrected chi connectivity index (χ1v) is 6.37. The van der Waals surface area contributed by atoms with Crippen LogP contribution in [0.4, 0.5) is 5.69 Å². The molecule has 1 amide bonds. The van der Waals surface area contributed by atoms with Crippen LogP contribution >= 0.6 is 0 Å². The Kier molecular flexibility index (Phi) is 2.87. The molecule has 0 bridgehead atoms. The third-order valence-corrected chi connectivity index (χ3v) is 3.64. The summed E-state index contributed by atoms with van der Waals surface area (Å²) in [5.41, 5.74) is 1.89. The number of imidazole rings is 1. The molecule has 1 aliphatic heterocycles. The van der Waals surface area contributed by atoms with Gasteiger partial charge in [-0.25, -0.2) is 4.79 Å². The number of hydrogen-bond donors (Lipinski definition) is 4. The molecule has 0 aliphatic carbocycles. The van der Waals surface area contributed by atoms with Crippen molar-refractivity contribution in [3.63, 3.8) is 0 Å². The van der Waals surface area contributed by atoms with Crippen molar-refractivity contribution in [2.24, 2.45) is 11.8 Å². The maximum absolute atomic E-state index is 12.1. The molecule has 0 radical (unpaired) electrons. The molecule has 2 atom stereocenters. The molecule has 2 heterocycles. The van der Waals surface area contributed by atoms with E-state index in [-0.39, 0.29) is 17.5 Å². The third kappa shape index (κ3) is 2.26. The molecule has 1 aromatic heterocycles. The molecule has 2 unspecified atom stereocenters. The van der Waals surface area contributed by atoms with E-state index in [0.29, 0.717) is 17.1 Å². The molecular formula is C13H16N4O2. The normalized spacial score (nSPS) is 22.8. The highest BCUT2D eigenvalue weighted by Gasteiger charge is 2.29. The molecule has 1 saturated heterocycles. The van der Waals surface area contributed by atoms with Crippen molar-refractivity contribution < 1.29 is 4.79 Å². The van der Waals surface area contributed by atoms with Gasteiger partial charge in [0.2, 0.25) is 5.91 Å². The van der Waals surface area contributed by atoms with Crippen LogP contribution in [0.5, 0.6) is 0 Å². The van der Waals surface area contributed by atoms with E-state index in [1.165, 1.54) is 0 Å². The van der Waals surface area contributed by atoms with Gasteiger partial charge in [0.05, 0.1) is 17.0 Å². The van der Waals surface area contributed by atoms with Gasteiger partial charge in [-0.1, -0.05) is 6.92 Å². The van der Waals surface area contributed by atoms with Crippen LogP contribution in [-0.2, 0) is 4.79 Å². The van der Waals surface area contributed by atoms with Crippen LogP contribution in [0.25, 0.3) is 11.0 Å². The van der Waals surface area contributed by atoms with Gasteiger partial charge in [0, 0.05) is 12.2 Å². The highest BCUT2D eigenvalue weighted by Crippen LogP contribution is 2.20. The standard InChI is InChI=1S/C13H16N4O2/c1-7-5-14-6-9(7)12(18)15-8-2-3-10-11(4-8)17-13(19)16-10/h2-4,7,9,14H,5-6H2,1H3,(H,15,18)(H2,16,17,19). The predicted octanol–water partition coefficient (Wildman–Crippen LogP) is 0.650. The van der Waals surface area contributed by atoms with E-state index in [4.69, 9.17) is 0 Å². The van der Waals surface area contributed by atoms with Crippen LogP contribution in [-0.4, -0.2) is 29.0 Å². The van der Waals surface area contributed by atoms with Gasteiger partial charge in [-0.2, -0.15) is 0 Å². The van der Waals surface area contributed by atoms with Crippen LogP contribution in [0.3, 0.4) is 0 Å². The van der Waals surface area contributed by atoms with E-state index in [0.717, 1.165) is 18.6 Å². The highest BCUT2D eigenvalue weighted by molar-refractivity contribution is 5.94. The molecule has 2 aromatic rings. The number of rotatable bonds is 2. The third-order valence-electron chi connectivity index (χ3n) is 3.64.